The number of nitrogens with one attached hydrogen (secondary N) is 1. The van der Waals surface area contributed by atoms with Gasteiger partial charge < -0.3 is 19.9 Å². The molecule has 0 saturated carbocycles. The van der Waals surface area contributed by atoms with E-state index in [1.165, 1.54) is 0 Å². The summed E-state index contributed by atoms with van der Waals surface area (Å²) in [5, 5.41) is 3.25. The molecule has 2 aliphatic heterocycles. The van der Waals surface area contributed by atoms with Gasteiger partial charge in [-0.1, -0.05) is 0 Å². The Labute approximate surface area is 131 Å². The van der Waals surface area contributed by atoms with Crippen molar-refractivity contribution in [3.63, 3.8) is 0 Å². The second kappa shape index (κ2) is 6.62. The average molecular weight is 304 g/mol. The van der Waals surface area contributed by atoms with Crippen molar-refractivity contribution in [2.45, 2.75) is 26.1 Å². The zero-order valence-corrected chi connectivity index (χ0v) is 13.3. The molecule has 22 heavy (non-hydrogen) atoms. The van der Waals surface area contributed by atoms with Crippen molar-refractivity contribution in [2.75, 3.05) is 44.2 Å². The summed E-state index contributed by atoms with van der Waals surface area (Å²) >= 11 is 0. The second-order valence-corrected chi connectivity index (χ2v) is 6.11. The highest BCUT2D eigenvalue weighted by Crippen LogP contribution is 2.18. The third-order valence-corrected chi connectivity index (χ3v) is 4.14. The van der Waals surface area contributed by atoms with Gasteiger partial charge in [0.1, 0.15) is 5.82 Å². The number of carbonyl (C=O) groups is 1. The Hall–Kier alpha value is -1.66. The van der Waals surface area contributed by atoms with E-state index in [2.05, 4.69) is 29.0 Å². The summed E-state index contributed by atoms with van der Waals surface area (Å²) in [6.45, 7) is 9.07. The van der Waals surface area contributed by atoms with Gasteiger partial charge in [0.2, 0.25) is 0 Å². The van der Waals surface area contributed by atoms with E-state index in [0.717, 1.165) is 45.1 Å². The molecule has 1 aromatic rings. The van der Waals surface area contributed by atoms with Gasteiger partial charge in [0.15, 0.2) is 0 Å². The van der Waals surface area contributed by atoms with Crippen LogP contribution in [0.2, 0.25) is 0 Å². The first kappa shape index (κ1) is 15.2. The summed E-state index contributed by atoms with van der Waals surface area (Å²) < 4.78 is 5.74. The third kappa shape index (κ3) is 3.39. The third-order valence-electron chi connectivity index (χ3n) is 4.14. The molecule has 0 bridgehead atoms. The number of anilines is 1. The number of hydrogen-bond acceptors (Lipinski definition) is 5. The van der Waals surface area contributed by atoms with E-state index in [9.17, 15) is 4.79 Å². The predicted octanol–water partition coefficient (Wildman–Crippen LogP) is 0.741. The van der Waals surface area contributed by atoms with E-state index in [-0.39, 0.29) is 18.1 Å². The van der Waals surface area contributed by atoms with Gasteiger partial charge in [0.25, 0.3) is 5.91 Å². The van der Waals surface area contributed by atoms with Crippen LogP contribution in [0.3, 0.4) is 0 Å². The molecule has 3 rings (SSSR count). The lowest BCUT2D eigenvalue weighted by molar-refractivity contribution is -0.00546. The molecule has 120 valence electrons. The molecule has 6 nitrogen and oxygen atoms in total. The summed E-state index contributed by atoms with van der Waals surface area (Å²) in [7, 11) is 0. The Morgan fingerprint density at radius 2 is 1.91 bits per heavy atom. The molecule has 2 saturated heterocycles. The minimum Gasteiger partial charge on any atom is -0.372 e. The average Bonchev–Trinajstić information content (AvgIpc) is 2.54. The van der Waals surface area contributed by atoms with Crippen LogP contribution in [-0.4, -0.2) is 67.3 Å². The van der Waals surface area contributed by atoms with Crippen LogP contribution in [-0.2, 0) is 4.74 Å². The molecule has 0 spiro atoms. The van der Waals surface area contributed by atoms with E-state index in [0.29, 0.717) is 5.56 Å². The van der Waals surface area contributed by atoms with Gasteiger partial charge >= 0.3 is 0 Å². The molecule has 1 N–H and O–H groups in total. The SMILES string of the molecule is C[C@@H]1CN(c2ccc(C(=O)N3CCNCC3)cn2)C[C@H](C)O1. The van der Waals surface area contributed by atoms with Crippen molar-refractivity contribution < 1.29 is 9.53 Å². The minimum absolute atomic E-state index is 0.0734. The van der Waals surface area contributed by atoms with E-state index in [4.69, 9.17) is 4.74 Å². The largest absolute Gasteiger partial charge is 0.372 e. The number of aromatic nitrogens is 1. The fourth-order valence-electron chi connectivity index (χ4n) is 3.12. The molecule has 0 aliphatic carbocycles. The molecule has 2 atom stereocenters. The van der Waals surface area contributed by atoms with Gasteiger partial charge in [0.05, 0.1) is 17.8 Å². The highest BCUT2D eigenvalue weighted by molar-refractivity contribution is 5.94. The van der Waals surface area contributed by atoms with Gasteiger partial charge in [0, 0.05) is 45.5 Å². The molecular formula is C16H24N4O2. The lowest BCUT2D eigenvalue weighted by atomic mass is 10.2. The maximum atomic E-state index is 12.4. The van der Waals surface area contributed by atoms with E-state index < -0.39 is 0 Å². The monoisotopic (exact) mass is 304 g/mol. The van der Waals surface area contributed by atoms with Crippen molar-refractivity contribution in [3.8, 4) is 0 Å². The normalized spacial score (nSPS) is 26.1. The number of hydrogen-bond donors (Lipinski definition) is 1. The smallest absolute Gasteiger partial charge is 0.255 e. The molecule has 1 amide bonds. The fraction of sp³-hybridized carbons (Fsp3) is 0.625. The first-order valence-electron chi connectivity index (χ1n) is 8.00. The van der Waals surface area contributed by atoms with E-state index >= 15 is 0 Å². The number of pyridine rings is 1. The fourth-order valence-corrected chi connectivity index (χ4v) is 3.12. The zero-order valence-electron chi connectivity index (χ0n) is 13.3. The van der Waals surface area contributed by atoms with Gasteiger partial charge in [-0.25, -0.2) is 4.98 Å². The van der Waals surface area contributed by atoms with Crippen LogP contribution in [0, 0.1) is 0 Å². The van der Waals surface area contributed by atoms with Crippen molar-refractivity contribution in [3.05, 3.63) is 23.9 Å². The second-order valence-electron chi connectivity index (χ2n) is 6.11. The Bertz CT molecular complexity index is 503. The number of nitrogens with zero attached hydrogens (tertiary/aromatic N) is 3. The first-order chi connectivity index (χ1) is 10.6. The molecule has 1 aromatic heterocycles. The quantitative estimate of drug-likeness (QED) is 0.873. The minimum atomic E-state index is 0.0734. The highest BCUT2D eigenvalue weighted by Gasteiger charge is 2.24. The molecule has 6 heteroatoms. The lowest BCUT2D eigenvalue weighted by Gasteiger charge is -2.36. The molecule has 0 unspecified atom stereocenters. The number of piperazine rings is 1. The van der Waals surface area contributed by atoms with Crippen LogP contribution >= 0.6 is 0 Å². The lowest BCUT2D eigenvalue weighted by Crippen LogP contribution is -2.46. The van der Waals surface area contributed by atoms with Crippen LogP contribution in [0.25, 0.3) is 0 Å². The van der Waals surface area contributed by atoms with Gasteiger partial charge in [-0.15, -0.1) is 0 Å². The molecule has 0 aromatic carbocycles. The summed E-state index contributed by atoms with van der Waals surface area (Å²) in [6.07, 6.45) is 2.10. The zero-order chi connectivity index (χ0) is 15.5. The van der Waals surface area contributed by atoms with E-state index in [1.54, 1.807) is 6.20 Å². The van der Waals surface area contributed by atoms with Crippen LogP contribution in [0.4, 0.5) is 5.82 Å². The van der Waals surface area contributed by atoms with Crippen molar-refractivity contribution in [1.82, 2.24) is 15.2 Å². The Morgan fingerprint density at radius 3 is 2.50 bits per heavy atom. The first-order valence-corrected chi connectivity index (χ1v) is 8.00. The maximum Gasteiger partial charge on any atom is 0.255 e. The highest BCUT2D eigenvalue weighted by atomic mass is 16.5. The van der Waals surface area contributed by atoms with Gasteiger partial charge in [-0.3, -0.25) is 4.79 Å². The molecule has 3 heterocycles. The molecule has 2 aliphatic rings. The topological polar surface area (TPSA) is 57.7 Å². The summed E-state index contributed by atoms with van der Waals surface area (Å²) in [6, 6.07) is 3.83. The van der Waals surface area contributed by atoms with Gasteiger partial charge in [-0.2, -0.15) is 0 Å². The number of ether oxygens (including phenoxy) is 1. The van der Waals surface area contributed by atoms with Gasteiger partial charge in [-0.05, 0) is 26.0 Å². The Balaban J connectivity index is 1.68. The van der Waals surface area contributed by atoms with Crippen molar-refractivity contribution >= 4 is 11.7 Å². The molecular weight excluding hydrogens is 280 g/mol. The molecule has 2 fully saturated rings. The number of rotatable bonds is 2. The van der Waals surface area contributed by atoms with Crippen molar-refractivity contribution in [1.29, 1.82) is 0 Å². The standard InChI is InChI=1S/C16H24N4O2/c1-12-10-20(11-13(2)22-12)15-4-3-14(9-18-15)16(21)19-7-5-17-6-8-19/h3-4,9,12-13,17H,5-8,10-11H2,1-2H3/t12-,13+. The van der Waals surface area contributed by atoms with E-state index in [1.807, 2.05) is 17.0 Å². The number of morpholine rings is 1. The Kier molecular flexibility index (Phi) is 4.59. The molecule has 0 radical (unpaired) electrons. The van der Waals surface area contributed by atoms with Crippen molar-refractivity contribution in [2.24, 2.45) is 0 Å². The van der Waals surface area contributed by atoms with Crippen LogP contribution in [0.1, 0.15) is 24.2 Å². The van der Waals surface area contributed by atoms with Crippen LogP contribution in [0.5, 0.6) is 0 Å². The summed E-state index contributed by atoms with van der Waals surface area (Å²) in [4.78, 5) is 21.0. The predicted molar refractivity (Wildman–Crippen MR) is 85.2 cm³/mol. The maximum absolute atomic E-state index is 12.4. The number of amides is 1. The van der Waals surface area contributed by atoms with Crippen LogP contribution in [0.15, 0.2) is 18.3 Å². The summed E-state index contributed by atoms with van der Waals surface area (Å²) in [5.74, 6) is 0.989. The van der Waals surface area contributed by atoms with Crippen LogP contribution < -0.4 is 10.2 Å². The Morgan fingerprint density at radius 1 is 1.23 bits per heavy atom. The summed E-state index contributed by atoms with van der Waals surface area (Å²) in [5.41, 5.74) is 0.667. The number of carbonyl (C=O) groups excluding carboxylic acids is 1.